The Hall–Kier alpha value is -1.87. The van der Waals surface area contributed by atoms with Crippen molar-refractivity contribution in [1.29, 1.82) is 0 Å². The molecule has 22 heavy (non-hydrogen) atoms. The van der Waals surface area contributed by atoms with Gasteiger partial charge in [-0.2, -0.15) is 0 Å². The van der Waals surface area contributed by atoms with E-state index in [4.69, 9.17) is 0 Å². The Labute approximate surface area is 136 Å². The zero-order valence-corrected chi connectivity index (χ0v) is 13.5. The maximum Gasteiger partial charge on any atom is 0.246 e. The lowest BCUT2D eigenvalue weighted by Crippen LogP contribution is -2.37. The van der Waals surface area contributed by atoms with Crippen molar-refractivity contribution in [2.75, 3.05) is 13.1 Å². The highest BCUT2D eigenvalue weighted by Gasteiger charge is 2.21. The van der Waals surface area contributed by atoms with E-state index in [1.54, 1.807) is 17.4 Å². The third kappa shape index (κ3) is 4.08. The third-order valence-electron chi connectivity index (χ3n) is 4.23. The maximum absolute atomic E-state index is 12.2. The highest BCUT2D eigenvalue weighted by molar-refractivity contribution is 7.10. The number of amides is 1. The minimum absolute atomic E-state index is 0.145. The van der Waals surface area contributed by atoms with Gasteiger partial charge in [0.25, 0.3) is 0 Å². The second-order valence-electron chi connectivity index (χ2n) is 5.81. The number of hydrogen-bond donors (Lipinski definition) is 0. The summed E-state index contributed by atoms with van der Waals surface area (Å²) < 4.78 is 0. The van der Waals surface area contributed by atoms with Gasteiger partial charge in [0.15, 0.2) is 0 Å². The molecule has 1 aromatic heterocycles. The fourth-order valence-corrected chi connectivity index (χ4v) is 3.57. The number of hydrogen-bond acceptors (Lipinski definition) is 2. The molecule has 0 saturated carbocycles. The Kier molecular flexibility index (Phi) is 5.07. The summed E-state index contributed by atoms with van der Waals surface area (Å²) in [6.45, 7) is 1.76. The van der Waals surface area contributed by atoms with Gasteiger partial charge in [-0.05, 0) is 48.3 Å². The number of piperidine rings is 1. The van der Waals surface area contributed by atoms with Gasteiger partial charge in [-0.1, -0.05) is 36.4 Å². The van der Waals surface area contributed by atoms with Crippen LogP contribution in [0.4, 0.5) is 0 Å². The number of carbonyl (C=O) groups excluding carboxylic acids is 1. The first-order chi connectivity index (χ1) is 10.8. The van der Waals surface area contributed by atoms with Gasteiger partial charge in [0, 0.05) is 24.0 Å². The van der Waals surface area contributed by atoms with E-state index in [9.17, 15) is 4.79 Å². The molecule has 0 aliphatic carbocycles. The standard InChI is InChI=1S/C19H21NOS/c21-19(9-8-18-7-4-14-22-18)20-12-10-17(11-13-20)15-16-5-2-1-3-6-16/h1-9,14,17H,10-13,15H2/b9-8-. The highest BCUT2D eigenvalue weighted by Crippen LogP contribution is 2.22. The largest absolute Gasteiger partial charge is 0.339 e. The van der Waals surface area contributed by atoms with E-state index in [0.29, 0.717) is 5.92 Å². The number of thiophene rings is 1. The molecule has 0 spiro atoms. The summed E-state index contributed by atoms with van der Waals surface area (Å²) in [6.07, 6.45) is 6.97. The van der Waals surface area contributed by atoms with Gasteiger partial charge in [-0.3, -0.25) is 4.79 Å². The van der Waals surface area contributed by atoms with Crippen LogP contribution in [-0.4, -0.2) is 23.9 Å². The van der Waals surface area contributed by atoms with Gasteiger partial charge in [0.05, 0.1) is 0 Å². The van der Waals surface area contributed by atoms with Crippen LogP contribution in [0.25, 0.3) is 6.08 Å². The molecule has 0 N–H and O–H groups in total. The number of benzene rings is 1. The topological polar surface area (TPSA) is 20.3 Å². The van der Waals surface area contributed by atoms with E-state index in [-0.39, 0.29) is 5.91 Å². The highest BCUT2D eigenvalue weighted by atomic mass is 32.1. The lowest BCUT2D eigenvalue weighted by Gasteiger charge is -2.31. The van der Waals surface area contributed by atoms with Crippen molar-refractivity contribution < 1.29 is 4.79 Å². The molecular weight excluding hydrogens is 290 g/mol. The minimum Gasteiger partial charge on any atom is -0.339 e. The molecule has 3 rings (SSSR count). The molecule has 1 aliphatic rings. The van der Waals surface area contributed by atoms with Crippen LogP contribution in [0.1, 0.15) is 23.3 Å². The molecule has 2 nitrogen and oxygen atoms in total. The average Bonchev–Trinajstić information content (AvgIpc) is 3.08. The lowest BCUT2D eigenvalue weighted by atomic mass is 9.90. The van der Waals surface area contributed by atoms with Crippen molar-refractivity contribution in [3.8, 4) is 0 Å². The second kappa shape index (κ2) is 7.41. The summed E-state index contributed by atoms with van der Waals surface area (Å²) in [5.74, 6) is 0.847. The van der Waals surface area contributed by atoms with Gasteiger partial charge in [0.1, 0.15) is 0 Å². The summed E-state index contributed by atoms with van der Waals surface area (Å²) in [7, 11) is 0. The second-order valence-corrected chi connectivity index (χ2v) is 6.79. The third-order valence-corrected chi connectivity index (χ3v) is 5.06. The van der Waals surface area contributed by atoms with E-state index in [0.717, 1.165) is 37.2 Å². The molecule has 2 aromatic rings. The van der Waals surface area contributed by atoms with Gasteiger partial charge < -0.3 is 4.90 Å². The molecule has 1 saturated heterocycles. The Morgan fingerprint density at radius 1 is 1.14 bits per heavy atom. The molecule has 1 amide bonds. The van der Waals surface area contributed by atoms with Crippen LogP contribution in [0.15, 0.2) is 53.9 Å². The fourth-order valence-electron chi connectivity index (χ4n) is 2.95. The first-order valence-electron chi connectivity index (χ1n) is 7.86. The van der Waals surface area contributed by atoms with E-state index in [2.05, 4.69) is 30.3 Å². The Balaban J connectivity index is 1.48. The number of carbonyl (C=O) groups is 1. The molecule has 0 radical (unpaired) electrons. The number of rotatable bonds is 4. The Morgan fingerprint density at radius 3 is 2.59 bits per heavy atom. The number of likely N-dealkylation sites (tertiary alicyclic amines) is 1. The van der Waals surface area contributed by atoms with Crippen LogP contribution >= 0.6 is 11.3 Å². The Bertz CT molecular complexity index is 610. The van der Waals surface area contributed by atoms with Crippen molar-refractivity contribution in [3.63, 3.8) is 0 Å². The first kappa shape index (κ1) is 15.0. The summed E-state index contributed by atoms with van der Waals surface area (Å²) >= 11 is 1.66. The van der Waals surface area contributed by atoms with Gasteiger partial charge in [-0.25, -0.2) is 0 Å². The summed E-state index contributed by atoms with van der Waals surface area (Å²) in [5, 5.41) is 2.03. The van der Waals surface area contributed by atoms with Gasteiger partial charge in [0.2, 0.25) is 5.91 Å². The Morgan fingerprint density at radius 2 is 1.91 bits per heavy atom. The number of nitrogens with zero attached hydrogens (tertiary/aromatic N) is 1. The molecule has 1 aliphatic heterocycles. The summed E-state index contributed by atoms with van der Waals surface area (Å²) in [6, 6.07) is 14.7. The van der Waals surface area contributed by atoms with Crippen LogP contribution in [0, 0.1) is 5.92 Å². The van der Waals surface area contributed by atoms with Crippen LogP contribution in [0.3, 0.4) is 0 Å². The molecule has 0 unspecified atom stereocenters. The molecule has 114 valence electrons. The van der Waals surface area contributed by atoms with Gasteiger partial charge in [-0.15, -0.1) is 11.3 Å². The fraction of sp³-hybridized carbons (Fsp3) is 0.316. The predicted octanol–water partition coefficient (Wildman–Crippen LogP) is 4.24. The SMILES string of the molecule is O=C(/C=C\c1cccs1)N1CCC(Cc2ccccc2)CC1. The average molecular weight is 311 g/mol. The van der Waals surface area contributed by atoms with Gasteiger partial charge >= 0.3 is 0 Å². The van der Waals surface area contributed by atoms with E-state index < -0.39 is 0 Å². The van der Waals surface area contributed by atoms with Crippen LogP contribution in [0.5, 0.6) is 0 Å². The lowest BCUT2D eigenvalue weighted by molar-refractivity contribution is -0.127. The van der Waals surface area contributed by atoms with Crippen LogP contribution < -0.4 is 0 Å². The van der Waals surface area contributed by atoms with Crippen molar-refractivity contribution in [3.05, 3.63) is 64.4 Å². The van der Waals surface area contributed by atoms with E-state index in [1.807, 2.05) is 28.5 Å². The molecule has 0 bridgehead atoms. The molecular formula is C19H21NOS. The van der Waals surface area contributed by atoms with E-state index in [1.165, 1.54) is 5.56 Å². The van der Waals surface area contributed by atoms with E-state index >= 15 is 0 Å². The van der Waals surface area contributed by atoms with Crippen molar-refractivity contribution in [2.24, 2.45) is 5.92 Å². The maximum atomic E-state index is 12.2. The summed E-state index contributed by atoms with van der Waals surface area (Å²) in [5.41, 5.74) is 1.41. The van der Waals surface area contributed by atoms with Crippen LogP contribution in [0.2, 0.25) is 0 Å². The molecule has 0 atom stereocenters. The molecule has 1 aromatic carbocycles. The zero-order valence-electron chi connectivity index (χ0n) is 12.7. The quantitative estimate of drug-likeness (QED) is 0.773. The van der Waals surface area contributed by atoms with Crippen LogP contribution in [-0.2, 0) is 11.2 Å². The monoisotopic (exact) mass is 311 g/mol. The van der Waals surface area contributed by atoms with Crippen molar-refractivity contribution >= 4 is 23.3 Å². The predicted molar refractivity (Wildman–Crippen MR) is 92.8 cm³/mol. The smallest absolute Gasteiger partial charge is 0.246 e. The summed E-state index contributed by atoms with van der Waals surface area (Å²) in [4.78, 5) is 15.3. The molecule has 1 fully saturated rings. The first-order valence-corrected chi connectivity index (χ1v) is 8.73. The normalized spacial score (nSPS) is 16.3. The molecule has 2 heterocycles. The molecule has 3 heteroatoms. The minimum atomic E-state index is 0.145. The van der Waals surface area contributed by atoms with Crippen molar-refractivity contribution in [1.82, 2.24) is 4.90 Å². The van der Waals surface area contributed by atoms with Crippen molar-refractivity contribution in [2.45, 2.75) is 19.3 Å². The zero-order chi connectivity index (χ0) is 15.2.